The standard InChI is InChI=1S/C15H16N2S/c1-11-3-5-12(6-4-11)15(16)17-13-7-9-14(18-2)10-8-13/h3-10H,1-2H3,(H2,16,17). The van der Waals surface area contributed by atoms with Gasteiger partial charge in [-0.05, 0) is 37.4 Å². The van der Waals surface area contributed by atoms with Crippen LogP contribution in [0, 0.1) is 6.92 Å². The van der Waals surface area contributed by atoms with Gasteiger partial charge in [-0.2, -0.15) is 0 Å². The number of nitrogens with zero attached hydrogens (tertiary/aromatic N) is 1. The number of thioether (sulfide) groups is 1. The summed E-state index contributed by atoms with van der Waals surface area (Å²) in [6.45, 7) is 2.05. The van der Waals surface area contributed by atoms with E-state index in [1.807, 2.05) is 48.5 Å². The molecule has 0 aliphatic carbocycles. The maximum atomic E-state index is 5.99. The molecule has 0 unspecified atom stereocenters. The minimum Gasteiger partial charge on any atom is -0.383 e. The van der Waals surface area contributed by atoms with E-state index in [1.165, 1.54) is 10.5 Å². The zero-order valence-electron chi connectivity index (χ0n) is 10.6. The monoisotopic (exact) mass is 256 g/mol. The smallest absolute Gasteiger partial charge is 0.131 e. The summed E-state index contributed by atoms with van der Waals surface area (Å²) in [5, 5.41) is 0. The molecular weight excluding hydrogens is 240 g/mol. The molecule has 0 bridgehead atoms. The van der Waals surface area contributed by atoms with Crippen LogP contribution in [0.4, 0.5) is 5.69 Å². The number of aliphatic imine (C=N–C) groups is 1. The van der Waals surface area contributed by atoms with Gasteiger partial charge in [-0.15, -0.1) is 11.8 Å². The first kappa shape index (κ1) is 12.7. The van der Waals surface area contributed by atoms with Gasteiger partial charge >= 0.3 is 0 Å². The van der Waals surface area contributed by atoms with Gasteiger partial charge in [-0.25, -0.2) is 4.99 Å². The molecule has 0 atom stereocenters. The van der Waals surface area contributed by atoms with Crippen molar-refractivity contribution >= 4 is 23.3 Å². The van der Waals surface area contributed by atoms with Crippen molar-refractivity contribution in [3.63, 3.8) is 0 Å². The highest BCUT2D eigenvalue weighted by molar-refractivity contribution is 7.98. The molecule has 0 spiro atoms. The highest BCUT2D eigenvalue weighted by Gasteiger charge is 1.98. The van der Waals surface area contributed by atoms with E-state index in [0.29, 0.717) is 5.84 Å². The summed E-state index contributed by atoms with van der Waals surface area (Å²) < 4.78 is 0. The first-order chi connectivity index (χ1) is 8.69. The largest absolute Gasteiger partial charge is 0.383 e. The summed E-state index contributed by atoms with van der Waals surface area (Å²) in [5.74, 6) is 0.548. The Kier molecular flexibility index (Phi) is 4.05. The highest BCUT2D eigenvalue weighted by atomic mass is 32.2. The Morgan fingerprint density at radius 1 is 1.00 bits per heavy atom. The Labute approximate surface area is 112 Å². The number of hydrogen-bond donors (Lipinski definition) is 1. The van der Waals surface area contributed by atoms with E-state index in [-0.39, 0.29) is 0 Å². The average Bonchev–Trinajstić information content (AvgIpc) is 2.40. The highest BCUT2D eigenvalue weighted by Crippen LogP contribution is 2.19. The van der Waals surface area contributed by atoms with Crippen LogP contribution < -0.4 is 5.73 Å². The van der Waals surface area contributed by atoms with Crippen LogP contribution in [0.5, 0.6) is 0 Å². The van der Waals surface area contributed by atoms with Crippen LogP contribution >= 0.6 is 11.8 Å². The zero-order valence-corrected chi connectivity index (χ0v) is 11.4. The maximum Gasteiger partial charge on any atom is 0.131 e. The topological polar surface area (TPSA) is 38.4 Å². The van der Waals surface area contributed by atoms with Gasteiger partial charge in [0.1, 0.15) is 5.84 Å². The summed E-state index contributed by atoms with van der Waals surface area (Å²) in [4.78, 5) is 5.64. The number of aryl methyl sites for hydroxylation is 1. The van der Waals surface area contributed by atoms with Gasteiger partial charge in [-0.1, -0.05) is 29.8 Å². The second kappa shape index (κ2) is 5.74. The van der Waals surface area contributed by atoms with Gasteiger partial charge in [0.25, 0.3) is 0 Å². The lowest BCUT2D eigenvalue weighted by molar-refractivity contribution is 1.39. The zero-order chi connectivity index (χ0) is 13.0. The average molecular weight is 256 g/mol. The third kappa shape index (κ3) is 3.14. The molecule has 2 aromatic carbocycles. The van der Waals surface area contributed by atoms with E-state index < -0.39 is 0 Å². The summed E-state index contributed by atoms with van der Waals surface area (Å²) in [5.41, 5.74) is 9.04. The van der Waals surface area contributed by atoms with Crippen LogP contribution in [0.15, 0.2) is 58.4 Å². The molecule has 2 N–H and O–H groups in total. The Morgan fingerprint density at radius 3 is 2.17 bits per heavy atom. The molecule has 0 fully saturated rings. The molecular formula is C15H16N2S. The van der Waals surface area contributed by atoms with Crippen molar-refractivity contribution < 1.29 is 0 Å². The number of rotatable bonds is 3. The maximum absolute atomic E-state index is 5.99. The predicted molar refractivity (Wildman–Crippen MR) is 79.8 cm³/mol. The molecule has 0 radical (unpaired) electrons. The molecule has 0 saturated carbocycles. The van der Waals surface area contributed by atoms with Crippen LogP contribution in [0.25, 0.3) is 0 Å². The van der Waals surface area contributed by atoms with Gasteiger partial charge in [0.05, 0.1) is 5.69 Å². The van der Waals surface area contributed by atoms with E-state index in [1.54, 1.807) is 11.8 Å². The molecule has 92 valence electrons. The number of benzene rings is 2. The third-order valence-corrected chi connectivity index (χ3v) is 3.41. The van der Waals surface area contributed by atoms with Crippen LogP contribution in [-0.4, -0.2) is 12.1 Å². The molecule has 2 nitrogen and oxygen atoms in total. The summed E-state index contributed by atoms with van der Waals surface area (Å²) in [6, 6.07) is 16.1. The molecule has 0 aromatic heterocycles. The van der Waals surface area contributed by atoms with E-state index in [9.17, 15) is 0 Å². The molecule has 0 heterocycles. The number of hydrogen-bond acceptors (Lipinski definition) is 2. The lowest BCUT2D eigenvalue weighted by Crippen LogP contribution is -2.12. The van der Waals surface area contributed by atoms with E-state index in [0.717, 1.165) is 11.3 Å². The number of amidine groups is 1. The summed E-state index contributed by atoms with van der Waals surface area (Å²) >= 11 is 1.71. The van der Waals surface area contributed by atoms with Gasteiger partial charge in [0, 0.05) is 10.5 Å². The van der Waals surface area contributed by atoms with Crippen LogP contribution in [0.3, 0.4) is 0 Å². The second-order valence-electron chi connectivity index (χ2n) is 4.06. The lowest BCUT2D eigenvalue weighted by Gasteiger charge is -2.02. The van der Waals surface area contributed by atoms with Gasteiger partial charge in [0.2, 0.25) is 0 Å². The van der Waals surface area contributed by atoms with E-state index >= 15 is 0 Å². The fraction of sp³-hybridized carbons (Fsp3) is 0.133. The van der Waals surface area contributed by atoms with Gasteiger partial charge < -0.3 is 5.73 Å². The van der Waals surface area contributed by atoms with Crippen LogP contribution in [0.1, 0.15) is 11.1 Å². The van der Waals surface area contributed by atoms with Gasteiger partial charge in [-0.3, -0.25) is 0 Å². The fourth-order valence-electron chi connectivity index (χ4n) is 1.58. The Bertz CT molecular complexity index is 542. The minimum atomic E-state index is 0.548. The van der Waals surface area contributed by atoms with Crippen molar-refractivity contribution in [2.24, 2.45) is 10.7 Å². The Morgan fingerprint density at radius 2 is 1.61 bits per heavy atom. The van der Waals surface area contributed by atoms with Crippen LogP contribution in [-0.2, 0) is 0 Å². The van der Waals surface area contributed by atoms with Crippen molar-refractivity contribution in [3.05, 3.63) is 59.7 Å². The molecule has 18 heavy (non-hydrogen) atoms. The third-order valence-electron chi connectivity index (χ3n) is 2.67. The first-order valence-corrected chi connectivity index (χ1v) is 6.97. The number of nitrogens with two attached hydrogens (primary N) is 1. The second-order valence-corrected chi connectivity index (χ2v) is 4.94. The van der Waals surface area contributed by atoms with Crippen molar-refractivity contribution in [3.8, 4) is 0 Å². The fourth-order valence-corrected chi connectivity index (χ4v) is 1.99. The molecule has 0 saturated heterocycles. The minimum absolute atomic E-state index is 0.548. The molecule has 2 rings (SSSR count). The van der Waals surface area contributed by atoms with Gasteiger partial charge in [0.15, 0.2) is 0 Å². The van der Waals surface area contributed by atoms with Crippen molar-refractivity contribution in [1.29, 1.82) is 0 Å². The van der Waals surface area contributed by atoms with Crippen molar-refractivity contribution in [2.45, 2.75) is 11.8 Å². The molecule has 2 aromatic rings. The van der Waals surface area contributed by atoms with Crippen molar-refractivity contribution in [1.82, 2.24) is 0 Å². The van der Waals surface area contributed by atoms with Crippen LogP contribution in [0.2, 0.25) is 0 Å². The lowest BCUT2D eigenvalue weighted by atomic mass is 10.1. The Balaban J connectivity index is 2.23. The molecule has 3 heteroatoms. The predicted octanol–water partition coefficient (Wildman–Crippen LogP) is 3.75. The normalized spacial score (nSPS) is 11.6. The van der Waals surface area contributed by atoms with Crippen molar-refractivity contribution in [2.75, 3.05) is 6.26 Å². The quantitative estimate of drug-likeness (QED) is 0.516. The summed E-state index contributed by atoms with van der Waals surface area (Å²) in [7, 11) is 0. The SMILES string of the molecule is CSc1ccc(N=C(N)c2ccc(C)cc2)cc1. The summed E-state index contributed by atoms with van der Waals surface area (Å²) in [6.07, 6.45) is 2.05. The van der Waals surface area contributed by atoms with E-state index in [2.05, 4.69) is 18.2 Å². The van der Waals surface area contributed by atoms with E-state index in [4.69, 9.17) is 5.73 Å². The Hall–Kier alpha value is -1.74. The molecule has 0 amide bonds. The molecule has 0 aliphatic heterocycles. The molecule has 0 aliphatic rings. The first-order valence-electron chi connectivity index (χ1n) is 5.74.